The Morgan fingerprint density at radius 3 is 3.10 bits per heavy atom. The number of methoxy groups -OCH3 is 1. The molecule has 0 aliphatic carbocycles. The maximum absolute atomic E-state index is 8.68. The van der Waals surface area contributed by atoms with Gasteiger partial charge in [0.05, 0.1) is 38.9 Å². The van der Waals surface area contributed by atoms with Crippen molar-refractivity contribution in [1.29, 1.82) is 5.26 Å². The average molecular weight is 430 g/mol. The van der Waals surface area contributed by atoms with E-state index in [1.165, 1.54) is 0 Å². The van der Waals surface area contributed by atoms with Crippen LogP contribution >= 0.6 is 11.6 Å². The van der Waals surface area contributed by atoms with Gasteiger partial charge in [0.15, 0.2) is 11.5 Å². The Labute approximate surface area is 181 Å². The van der Waals surface area contributed by atoms with Crippen LogP contribution < -0.4 is 15.2 Å². The summed E-state index contributed by atoms with van der Waals surface area (Å²) >= 11 is 6.66. The summed E-state index contributed by atoms with van der Waals surface area (Å²) in [6.07, 6.45) is 2.34. The van der Waals surface area contributed by atoms with Gasteiger partial charge in [-0.15, -0.1) is 0 Å². The first-order valence-corrected chi connectivity index (χ1v) is 10.1. The van der Waals surface area contributed by atoms with Gasteiger partial charge in [-0.3, -0.25) is 0 Å². The number of amidine groups is 1. The minimum Gasteiger partial charge on any atom is -0.493 e. The Morgan fingerprint density at radius 1 is 1.43 bits per heavy atom. The molecule has 2 aliphatic rings. The van der Waals surface area contributed by atoms with Crippen LogP contribution in [0.5, 0.6) is 11.5 Å². The highest BCUT2D eigenvalue weighted by Gasteiger charge is 2.29. The van der Waals surface area contributed by atoms with Gasteiger partial charge >= 0.3 is 0 Å². The molecule has 1 fully saturated rings. The van der Waals surface area contributed by atoms with Crippen molar-refractivity contribution in [2.75, 3.05) is 33.5 Å². The molecule has 8 nitrogen and oxygen atoms in total. The van der Waals surface area contributed by atoms with E-state index in [1.807, 2.05) is 6.07 Å². The number of nitrogens with zero attached hydrogens (tertiary/aromatic N) is 4. The first-order chi connectivity index (χ1) is 14.6. The second kappa shape index (κ2) is 10.7. The number of nitriles is 1. The molecule has 0 radical (unpaired) electrons. The molecule has 1 aromatic rings. The lowest BCUT2D eigenvalue weighted by molar-refractivity contribution is 0.118. The molecule has 1 atom stereocenters. The molecule has 0 saturated carbocycles. The fraction of sp³-hybridized carbons (Fsp3) is 0.476. The zero-order chi connectivity index (χ0) is 21.3. The number of nitrogens with two attached hydrogens (primary N) is 1. The van der Waals surface area contributed by atoms with Crippen LogP contribution in [-0.2, 0) is 4.74 Å². The highest BCUT2D eigenvalue weighted by molar-refractivity contribution is 6.31. The Bertz CT molecular complexity index is 929. The number of aliphatic imine (C=N–C) groups is 2. The second-order valence-corrected chi connectivity index (χ2v) is 7.14. The quantitative estimate of drug-likeness (QED) is 0.550. The van der Waals surface area contributed by atoms with E-state index in [4.69, 9.17) is 36.8 Å². The molecule has 30 heavy (non-hydrogen) atoms. The summed E-state index contributed by atoms with van der Waals surface area (Å²) in [5.41, 5.74) is 6.68. The van der Waals surface area contributed by atoms with Crippen LogP contribution in [0.25, 0.3) is 0 Å². The third-order valence-corrected chi connectivity index (χ3v) is 5.07. The summed E-state index contributed by atoms with van der Waals surface area (Å²) in [5, 5.41) is 9.21. The van der Waals surface area contributed by atoms with Gasteiger partial charge in [0.1, 0.15) is 5.84 Å². The molecule has 1 unspecified atom stereocenters. The number of guanidine groups is 1. The van der Waals surface area contributed by atoms with Crippen molar-refractivity contribution in [2.24, 2.45) is 15.7 Å². The van der Waals surface area contributed by atoms with Crippen molar-refractivity contribution >= 4 is 23.4 Å². The Balaban J connectivity index is 1.92. The Morgan fingerprint density at radius 2 is 2.30 bits per heavy atom. The highest BCUT2D eigenvalue weighted by Crippen LogP contribution is 2.39. The fourth-order valence-corrected chi connectivity index (χ4v) is 3.61. The second-order valence-electron chi connectivity index (χ2n) is 6.74. The van der Waals surface area contributed by atoms with Crippen molar-refractivity contribution in [2.45, 2.75) is 31.7 Å². The molecule has 0 amide bonds. The summed E-state index contributed by atoms with van der Waals surface area (Å²) in [7, 11) is 1.58. The largest absolute Gasteiger partial charge is 0.493 e. The van der Waals surface area contributed by atoms with Crippen LogP contribution in [0.15, 0.2) is 22.1 Å². The van der Waals surface area contributed by atoms with Gasteiger partial charge in [-0.25, -0.2) is 0 Å². The van der Waals surface area contributed by atoms with E-state index < -0.39 is 0 Å². The molecular weight excluding hydrogens is 406 g/mol. The maximum atomic E-state index is 8.68. The molecule has 1 aromatic carbocycles. The maximum Gasteiger partial charge on any atom is 0.230 e. The molecule has 2 heterocycles. The molecule has 2 N–H and O–H groups in total. The van der Waals surface area contributed by atoms with Gasteiger partial charge in [0.25, 0.3) is 0 Å². The van der Waals surface area contributed by atoms with E-state index in [1.54, 1.807) is 13.2 Å². The molecule has 3 rings (SSSR count). The summed E-state index contributed by atoms with van der Waals surface area (Å²) in [6.45, 7) is 2.22. The minimum absolute atomic E-state index is 0.142. The van der Waals surface area contributed by atoms with Gasteiger partial charge in [0, 0.05) is 36.7 Å². The number of halogens is 1. The van der Waals surface area contributed by atoms with E-state index in [0.29, 0.717) is 55.6 Å². The summed E-state index contributed by atoms with van der Waals surface area (Å²) in [5.74, 6) is 4.96. The van der Waals surface area contributed by atoms with Crippen LogP contribution in [0.3, 0.4) is 0 Å². The van der Waals surface area contributed by atoms with Crippen molar-refractivity contribution in [1.82, 2.24) is 4.90 Å². The SMILES string of the molecule is COc1cc(C2COCCCN2C2=NC(N)=NC#CC2)c(Cl)cc1OCCCC#N. The monoisotopic (exact) mass is 429 g/mol. The molecule has 158 valence electrons. The Hall–Kier alpha value is -2.94. The third-order valence-electron chi connectivity index (χ3n) is 4.74. The van der Waals surface area contributed by atoms with E-state index in [9.17, 15) is 0 Å². The smallest absolute Gasteiger partial charge is 0.230 e. The third kappa shape index (κ3) is 5.35. The van der Waals surface area contributed by atoms with Crippen LogP contribution in [-0.4, -0.2) is 50.2 Å². The highest BCUT2D eigenvalue weighted by atomic mass is 35.5. The average Bonchev–Trinajstić information content (AvgIpc) is 3.11. The van der Waals surface area contributed by atoms with Crippen LogP contribution in [0.1, 0.15) is 37.3 Å². The number of hydrogen-bond donors (Lipinski definition) is 1. The Kier molecular flexibility index (Phi) is 7.78. The van der Waals surface area contributed by atoms with Gasteiger partial charge < -0.3 is 24.8 Å². The lowest BCUT2D eigenvalue weighted by Gasteiger charge is -2.32. The molecule has 0 bridgehead atoms. The van der Waals surface area contributed by atoms with E-state index in [2.05, 4.69) is 32.9 Å². The predicted octanol–water partition coefficient (Wildman–Crippen LogP) is 2.87. The number of benzene rings is 1. The van der Waals surface area contributed by atoms with Gasteiger partial charge in [0.2, 0.25) is 5.96 Å². The molecule has 9 heteroatoms. The van der Waals surface area contributed by atoms with Gasteiger partial charge in [-0.2, -0.15) is 15.2 Å². The van der Waals surface area contributed by atoms with Crippen molar-refractivity contribution in [3.05, 3.63) is 22.7 Å². The minimum atomic E-state index is -0.187. The van der Waals surface area contributed by atoms with Crippen molar-refractivity contribution in [3.63, 3.8) is 0 Å². The summed E-state index contributed by atoms with van der Waals surface area (Å²) < 4.78 is 17.1. The molecular formula is C21H24ClN5O3. The van der Waals surface area contributed by atoms with E-state index in [-0.39, 0.29) is 12.0 Å². The first kappa shape index (κ1) is 21.8. The first-order valence-electron chi connectivity index (χ1n) is 9.74. The standard InChI is InChI=1S/C21H24ClN5O3/c1-28-18-12-15(16(22)13-19(18)30-11-3-2-7-23)17-14-29-10-5-9-27(17)20-6-4-8-25-21(24)26-20/h12-13,17H,2-3,5-6,9-11,14H2,1H3,(H2,24,25). The summed E-state index contributed by atoms with van der Waals surface area (Å²) in [6, 6.07) is 8.19. The zero-order valence-corrected chi connectivity index (χ0v) is 17.6. The topological polar surface area (TPSA) is 105 Å². The lowest BCUT2D eigenvalue weighted by Crippen LogP contribution is -2.37. The van der Waals surface area contributed by atoms with Crippen LogP contribution in [0, 0.1) is 23.3 Å². The number of ether oxygens (including phenoxy) is 3. The van der Waals surface area contributed by atoms with Crippen LogP contribution in [0.2, 0.25) is 5.02 Å². The van der Waals surface area contributed by atoms with Crippen molar-refractivity contribution < 1.29 is 14.2 Å². The molecule has 0 spiro atoms. The predicted molar refractivity (Wildman–Crippen MR) is 115 cm³/mol. The number of hydrogen-bond acceptors (Lipinski definition) is 8. The van der Waals surface area contributed by atoms with E-state index in [0.717, 1.165) is 24.4 Å². The fourth-order valence-electron chi connectivity index (χ4n) is 3.33. The number of unbranched alkanes of at least 4 members (excludes halogenated alkanes) is 1. The summed E-state index contributed by atoms with van der Waals surface area (Å²) in [4.78, 5) is 10.5. The van der Waals surface area contributed by atoms with Crippen LogP contribution in [0.4, 0.5) is 0 Å². The lowest BCUT2D eigenvalue weighted by atomic mass is 10.0. The van der Waals surface area contributed by atoms with E-state index >= 15 is 0 Å². The van der Waals surface area contributed by atoms with Crippen molar-refractivity contribution in [3.8, 4) is 29.5 Å². The normalized spacial score (nSPS) is 18.7. The van der Waals surface area contributed by atoms with Gasteiger partial charge in [-0.05, 0) is 24.5 Å². The molecule has 2 aliphatic heterocycles. The zero-order valence-electron chi connectivity index (χ0n) is 16.9. The molecule has 0 aromatic heterocycles. The number of rotatable bonds is 6. The molecule has 1 saturated heterocycles. The van der Waals surface area contributed by atoms with Gasteiger partial charge in [-0.1, -0.05) is 17.5 Å².